The van der Waals surface area contributed by atoms with Crippen LogP contribution in [0.3, 0.4) is 0 Å². The van der Waals surface area contributed by atoms with E-state index in [2.05, 4.69) is 5.32 Å². The van der Waals surface area contributed by atoms with Crippen LogP contribution in [-0.2, 0) is 32.1 Å². The first-order chi connectivity index (χ1) is 19.9. The van der Waals surface area contributed by atoms with Crippen LogP contribution in [0.5, 0.6) is 0 Å². The van der Waals surface area contributed by atoms with Crippen LogP contribution in [0.15, 0.2) is 66.7 Å². The lowest BCUT2D eigenvalue weighted by Gasteiger charge is -2.34. The molecule has 0 unspecified atom stereocenters. The zero-order chi connectivity index (χ0) is 28.8. The minimum absolute atomic E-state index is 0.0156. The standard InChI is InChI=1S/C34H41N3O4/c1-24-12-8-9-15-26(24)23-37(31(38)20-21-36-33(40)28-18-10-11-19-29(28)34(36)41)30(22-25-13-4-2-5-14-25)32(39)35-27-16-6-3-7-17-27/h2,4-5,8-15,27-30H,3,6-7,16-23H2,1H3,(H,35,39)/t28-,29+,30-/m0/s1. The number of rotatable bonds is 10. The molecular formula is C34H41N3O4. The Hall–Kier alpha value is -3.74. The van der Waals surface area contributed by atoms with Gasteiger partial charge < -0.3 is 10.2 Å². The van der Waals surface area contributed by atoms with Gasteiger partial charge in [0, 0.05) is 32.0 Å². The summed E-state index contributed by atoms with van der Waals surface area (Å²) in [5.74, 6) is -1.39. The quantitative estimate of drug-likeness (QED) is 0.339. The van der Waals surface area contributed by atoms with Crippen molar-refractivity contribution in [1.29, 1.82) is 0 Å². The third-order valence-electron chi connectivity index (χ3n) is 8.97. The molecule has 1 aliphatic heterocycles. The van der Waals surface area contributed by atoms with Crippen LogP contribution in [0.4, 0.5) is 0 Å². The Balaban J connectivity index is 1.39. The second-order valence-electron chi connectivity index (χ2n) is 11.7. The number of amides is 4. The molecule has 216 valence electrons. The summed E-state index contributed by atoms with van der Waals surface area (Å²) in [6, 6.07) is 17.1. The van der Waals surface area contributed by atoms with Crippen LogP contribution in [0.2, 0.25) is 0 Å². The van der Waals surface area contributed by atoms with Crippen molar-refractivity contribution >= 4 is 23.6 Å². The Morgan fingerprint density at radius 1 is 0.902 bits per heavy atom. The topological polar surface area (TPSA) is 86.8 Å². The molecule has 5 rings (SSSR count). The number of hydrogen-bond acceptors (Lipinski definition) is 4. The fraction of sp³-hybridized carbons (Fsp3) is 0.471. The summed E-state index contributed by atoms with van der Waals surface area (Å²) in [7, 11) is 0. The maximum atomic E-state index is 14.1. The van der Waals surface area contributed by atoms with Gasteiger partial charge in [-0.3, -0.25) is 24.1 Å². The van der Waals surface area contributed by atoms with Crippen LogP contribution in [0.1, 0.15) is 68.1 Å². The van der Waals surface area contributed by atoms with Gasteiger partial charge in [-0.2, -0.15) is 0 Å². The number of likely N-dealkylation sites (tertiary alicyclic amines) is 1. The highest BCUT2D eigenvalue weighted by Crippen LogP contribution is 2.35. The van der Waals surface area contributed by atoms with Crippen LogP contribution in [0.25, 0.3) is 0 Å². The van der Waals surface area contributed by atoms with Gasteiger partial charge in [-0.25, -0.2) is 0 Å². The van der Waals surface area contributed by atoms with E-state index in [1.54, 1.807) is 4.90 Å². The molecule has 0 spiro atoms. The van der Waals surface area contributed by atoms with Gasteiger partial charge in [0.25, 0.3) is 0 Å². The number of carbonyl (C=O) groups excluding carboxylic acids is 4. The number of nitrogens with zero attached hydrogens (tertiary/aromatic N) is 2. The molecule has 3 atom stereocenters. The third-order valence-corrected chi connectivity index (χ3v) is 8.97. The summed E-state index contributed by atoms with van der Waals surface area (Å²) in [4.78, 5) is 57.1. The maximum Gasteiger partial charge on any atom is 0.243 e. The van der Waals surface area contributed by atoms with E-state index in [1.807, 2.05) is 73.7 Å². The monoisotopic (exact) mass is 555 g/mol. The molecule has 41 heavy (non-hydrogen) atoms. The molecule has 0 aromatic heterocycles. The number of nitrogens with one attached hydrogen (secondary N) is 1. The molecule has 0 bridgehead atoms. The van der Waals surface area contributed by atoms with Crippen molar-refractivity contribution in [3.05, 3.63) is 83.4 Å². The van der Waals surface area contributed by atoms with Gasteiger partial charge in [0.1, 0.15) is 6.04 Å². The molecule has 0 radical (unpaired) electrons. The second-order valence-corrected chi connectivity index (χ2v) is 11.7. The number of aryl methyl sites for hydroxylation is 1. The van der Waals surface area contributed by atoms with E-state index in [0.717, 1.165) is 42.4 Å². The third kappa shape index (κ3) is 6.77. The van der Waals surface area contributed by atoms with Gasteiger partial charge in [-0.05, 0) is 49.3 Å². The molecule has 7 heteroatoms. The summed E-state index contributed by atoms with van der Waals surface area (Å²) < 4.78 is 0. The molecule has 2 aliphatic carbocycles. The van der Waals surface area contributed by atoms with Crippen molar-refractivity contribution in [3.8, 4) is 0 Å². The fourth-order valence-corrected chi connectivity index (χ4v) is 6.51. The summed E-state index contributed by atoms with van der Waals surface area (Å²) >= 11 is 0. The van der Waals surface area contributed by atoms with Crippen molar-refractivity contribution in [2.24, 2.45) is 11.8 Å². The van der Waals surface area contributed by atoms with E-state index >= 15 is 0 Å². The van der Waals surface area contributed by atoms with Gasteiger partial charge in [-0.1, -0.05) is 86.0 Å². The fourth-order valence-electron chi connectivity index (χ4n) is 6.51. The Morgan fingerprint density at radius 2 is 1.54 bits per heavy atom. The van der Waals surface area contributed by atoms with Gasteiger partial charge in [0.15, 0.2) is 0 Å². The predicted molar refractivity (Wildman–Crippen MR) is 157 cm³/mol. The Morgan fingerprint density at radius 3 is 2.20 bits per heavy atom. The van der Waals surface area contributed by atoms with E-state index in [-0.39, 0.29) is 61.0 Å². The molecule has 1 heterocycles. The lowest BCUT2D eigenvalue weighted by atomic mass is 9.85. The molecule has 1 N–H and O–H groups in total. The Bertz CT molecular complexity index is 1260. The molecule has 1 saturated heterocycles. The molecule has 4 amide bonds. The Kier molecular flexibility index (Phi) is 9.32. The van der Waals surface area contributed by atoms with Gasteiger partial charge in [0.2, 0.25) is 23.6 Å². The SMILES string of the molecule is Cc1ccccc1CN(C(=O)CCN1C(=O)[C@H]2CC=CC[C@H]2C1=O)[C@@H](Cc1ccccc1)C(=O)NC1CCCCC1. The zero-order valence-electron chi connectivity index (χ0n) is 24.0. The van der Waals surface area contributed by atoms with Gasteiger partial charge >= 0.3 is 0 Å². The highest BCUT2D eigenvalue weighted by Gasteiger charge is 2.47. The smallest absolute Gasteiger partial charge is 0.243 e. The highest BCUT2D eigenvalue weighted by atomic mass is 16.2. The first-order valence-corrected chi connectivity index (χ1v) is 15.1. The summed E-state index contributed by atoms with van der Waals surface area (Å²) in [5, 5.41) is 3.26. The largest absolute Gasteiger partial charge is 0.352 e. The number of imide groups is 1. The van der Waals surface area contributed by atoms with Crippen molar-refractivity contribution < 1.29 is 19.2 Å². The lowest BCUT2D eigenvalue weighted by molar-refractivity contribution is -0.144. The number of allylic oxidation sites excluding steroid dienone is 2. The molecular weight excluding hydrogens is 514 g/mol. The van der Waals surface area contributed by atoms with Gasteiger partial charge in [0.05, 0.1) is 11.8 Å². The van der Waals surface area contributed by atoms with Crippen molar-refractivity contribution in [1.82, 2.24) is 15.1 Å². The van der Waals surface area contributed by atoms with E-state index in [9.17, 15) is 19.2 Å². The lowest BCUT2D eigenvalue weighted by Crippen LogP contribution is -2.53. The molecule has 2 fully saturated rings. The van der Waals surface area contributed by atoms with E-state index < -0.39 is 6.04 Å². The normalized spacial score (nSPS) is 21.4. The summed E-state index contributed by atoms with van der Waals surface area (Å²) in [5.41, 5.74) is 2.98. The van der Waals surface area contributed by atoms with Crippen LogP contribution in [-0.4, -0.2) is 52.1 Å². The van der Waals surface area contributed by atoms with Crippen LogP contribution in [0, 0.1) is 18.8 Å². The van der Waals surface area contributed by atoms with Crippen molar-refractivity contribution in [2.75, 3.05) is 6.54 Å². The second kappa shape index (κ2) is 13.3. The van der Waals surface area contributed by atoms with Crippen molar-refractivity contribution in [3.63, 3.8) is 0 Å². The molecule has 1 saturated carbocycles. The minimum atomic E-state index is -0.719. The minimum Gasteiger partial charge on any atom is -0.352 e. The molecule has 3 aliphatic rings. The van der Waals surface area contributed by atoms with E-state index in [4.69, 9.17) is 0 Å². The number of fused-ring (bicyclic) bond motifs is 1. The molecule has 2 aromatic rings. The van der Waals surface area contributed by atoms with E-state index in [1.165, 1.54) is 11.3 Å². The van der Waals surface area contributed by atoms with E-state index in [0.29, 0.717) is 19.3 Å². The van der Waals surface area contributed by atoms with Crippen LogP contribution >= 0.6 is 0 Å². The zero-order valence-corrected chi connectivity index (χ0v) is 24.0. The van der Waals surface area contributed by atoms with Gasteiger partial charge in [-0.15, -0.1) is 0 Å². The van der Waals surface area contributed by atoms with Crippen molar-refractivity contribution in [2.45, 2.75) is 83.3 Å². The average molecular weight is 556 g/mol. The number of carbonyl (C=O) groups is 4. The number of benzene rings is 2. The first kappa shape index (κ1) is 28.8. The average Bonchev–Trinajstić information content (AvgIpc) is 3.24. The maximum absolute atomic E-state index is 14.1. The molecule has 2 aromatic carbocycles. The highest BCUT2D eigenvalue weighted by molar-refractivity contribution is 6.05. The number of hydrogen-bond donors (Lipinski definition) is 1. The first-order valence-electron chi connectivity index (χ1n) is 15.1. The molecule has 7 nitrogen and oxygen atoms in total. The Labute approximate surface area is 243 Å². The van der Waals surface area contributed by atoms with Crippen LogP contribution < -0.4 is 5.32 Å². The summed E-state index contributed by atoms with van der Waals surface area (Å²) in [6.07, 6.45) is 10.7. The summed E-state index contributed by atoms with van der Waals surface area (Å²) in [6.45, 7) is 2.32. The predicted octanol–water partition coefficient (Wildman–Crippen LogP) is 4.73.